The number of hydrogen-bond donors (Lipinski definition) is 0. The minimum atomic E-state index is -0.623. The Balaban J connectivity index is 2.27. The second-order valence-electron chi connectivity index (χ2n) is 4.51. The van der Waals surface area contributed by atoms with Crippen LogP contribution in [0.25, 0.3) is 0 Å². The molecule has 1 aromatic carbocycles. The van der Waals surface area contributed by atoms with Crippen LogP contribution < -0.4 is 9.64 Å². The molecule has 0 saturated carbocycles. The monoisotopic (exact) mass is 299 g/mol. The van der Waals surface area contributed by atoms with E-state index in [0.29, 0.717) is 24.6 Å². The third kappa shape index (κ3) is 3.42. The zero-order chi connectivity index (χ0) is 14.5. The van der Waals surface area contributed by atoms with Crippen molar-refractivity contribution >= 4 is 23.2 Å². The van der Waals surface area contributed by atoms with Crippen molar-refractivity contribution < 1.29 is 19.0 Å². The number of ether oxygens (including phenoxy) is 3. The molecule has 1 heterocycles. The molecule has 2 rings (SSSR count). The van der Waals surface area contributed by atoms with Crippen LogP contribution in [0.4, 0.5) is 5.69 Å². The van der Waals surface area contributed by atoms with E-state index in [4.69, 9.17) is 25.8 Å². The van der Waals surface area contributed by atoms with Gasteiger partial charge >= 0.3 is 0 Å². The molecule has 1 fully saturated rings. The Morgan fingerprint density at radius 2 is 2.30 bits per heavy atom. The minimum absolute atomic E-state index is 0.153. The lowest BCUT2D eigenvalue weighted by Gasteiger charge is -2.27. The molecule has 0 radical (unpaired) electrons. The SMILES string of the molecule is COc1ccccc1N(CC1COCO1)C(=O)C(C)Cl. The Kier molecular flexibility index (Phi) is 5.23. The number of anilines is 1. The van der Waals surface area contributed by atoms with Gasteiger partial charge in [-0.2, -0.15) is 0 Å². The molecule has 1 aliphatic heterocycles. The van der Waals surface area contributed by atoms with Gasteiger partial charge in [0.1, 0.15) is 24.0 Å². The first-order chi connectivity index (χ1) is 9.63. The van der Waals surface area contributed by atoms with Gasteiger partial charge < -0.3 is 19.1 Å². The van der Waals surface area contributed by atoms with Crippen molar-refractivity contribution in [2.75, 3.05) is 32.0 Å². The summed E-state index contributed by atoms with van der Waals surface area (Å²) in [5.74, 6) is 0.434. The molecule has 2 atom stereocenters. The van der Waals surface area contributed by atoms with Gasteiger partial charge in [-0.25, -0.2) is 0 Å². The highest BCUT2D eigenvalue weighted by Gasteiger charge is 2.28. The van der Waals surface area contributed by atoms with E-state index in [2.05, 4.69) is 0 Å². The van der Waals surface area contributed by atoms with Gasteiger partial charge in [0.2, 0.25) is 5.91 Å². The lowest BCUT2D eigenvalue weighted by Crippen LogP contribution is -2.42. The van der Waals surface area contributed by atoms with Crippen LogP contribution in [-0.4, -0.2) is 44.4 Å². The molecule has 1 aromatic rings. The summed E-state index contributed by atoms with van der Waals surface area (Å²) in [4.78, 5) is 13.9. The zero-order valence-electron chi connectivity index (χ0n) is 11.5. The molecule has 1 aliphatic rings. The Bertz CT molecular complexity index is 460. The molecule has 20 heavy (non-hydrogen) atoms. The van der Waals surface area contributed by atoms with E-state index in [9.17, 15) is 4.79 Å². The molecule has 0 spiro atoms. The quantitative estimate of drug-likeness (QED) is 0.781. The van der Waals surface area contributed by atoms with E-state index >= 15 is 0 Å². The van der Waals surface area contributed by atoms with Crippen LogP contribution in [0, 0.1) is 0 Å². The normalized spacial score (nSPS) is 19.6. The van der Waals surface area contributed by atoms with Gasteiger partial charge in [-0.1, -0.05) is 12.1 Å². The van der Waals surface area contributed by atoms with E-state index in [0.717, 1.165) is 0 Å². The first kappa shape index (κ1) is 15.1. The van der Waals surface area contributed by atoms with Gasteiger partial charge in [-0.3, -0.25) is 4.79 Å². The van der Waals surface area contributed by atoms with Crippen LogP contribution in [0.1, 0.15) is 6.92 Å². The molecule has 1 saturated heterocycles. The summed E-state index contributed by atoms with van der Waals surface area (Å²) in [6, 6.07) is 7.33. The predicted octanol–water partition coefficient (Wildman–Crippen LogP) is 2.03. The maximum absolute atomic E-state index is 12.3. The number of amides is 1. The third-order valence-corrected chi connectivity index (χ3v) is 3.25. The standard InChI is InChI=1S/C14H18ClNO4/c1-10(15)14(17)16(7-11-8-19-9-20-11)12-5-3-4-6-13(12)18-2/h3-6,10-11H,7-9H2,1-2H3. The van der Waals surface area contributed by atoms with Crippen LogP contribution >= 0.6 is 11.6 Å². The maximum atomic E-state index is 12.3. The molecule has 6 heteroatoms. The Morgan fingerprint density at radius 3 is 2.90 bits per heavy atom. The molecule has 0 bridgehead atoms. The molecule has 1 amide bonds. The number of carbonyl (C=O) groups is 1. The lowest BCUT2D eigenvalue weighted by atomic mass is 10.2. The average molecular weight is 300 g/mol. The largest absolute Gasteiger partial charge is 0.495 e. The predicted molar refractivity (Wildman–Crippen MR) is 76.4 cm³/mol. The summed E-state index contributed by atoms with van der Waals surface area (Å²) in [5.41, 5.74) is 0.683. The highest BCUT2D eigenvalue weighted by Crippen LogP contribution is 2.29. The molecule has 110 valence electrons. The van der Waals surface area contributed by atoms with Crippen LogP contribution in [0.2, 0.25) is 0 Å². The number of benzene rings is 1. The Hall–Kier alpha value is -1.30. The Morgan fingerprint density at radius 1 is 1.55 bits per heavy atom. The van der Waals surface area contributed by atoms with Gasteiger partial charge in [0.05, 0.1) is 25.9 Å². The summed E-state index contributed by atoms with van der Waals surface area (Å²) in [6.45, 7) is 2.76. The molecule has 2 unspecified atom stereocenters. The number of nitrogens with zero attached hydrogens (tertiary/aromatic N) is 1. The number of rotatable bonds is 5. The molecule has 5 nitrogen and oxygen atoms in total. The van der Waals surface area contributed by atoms with Crippen molar-refractivity contribution in [3.8, 4) is 5.75 Å². The fraction of sp³-hybridized carbons (Fsp3) is 0.500. The first-order valence-corrected chi connectivity index (χ1v) is 6.85. The van der Waals surface area contributed by atoms with Crippen LogP contribution in [-0.2, 0) is 14.3 Å². The van der Waals surface area contributed by atoms with Gasteiger partial charge in [0.25, 0.3) is 0 Å². The fourth-order valence-electron chi connectivity index (χ4n) is 2.06. The molecule has 0 aliphatic carbocycles. The first-order valence-electron chi connectivity index (χ1n) is 6.41. The van der Waals surface area contributed by atoms with E-state index in [1.807, 2.05) is 18.2 Å². The highest BCUT2D eigenvalue weighted by atomic mass is 35.5. The van der Waals surface area contributed by atoms with Crippen LogP contribution in [0.3, 0.4) is 0 Å². The molecule has 0 aromatic heterocycles. The van der Waals surface area contributed by atoms with E-state index in [1.165, 1.54) is 0 Å². The van der Waals surface area contributed by atoms with Gasteiger partial charge in [-0.05, 0) is 19.1 Å². The van der Waals surface area contributed by atoms with Crippen molar-refractivity contribution in [2.24, 2.45) is 0 Å². The van der Waals surface area contributed by atoms with E-state index in [-0.39, 0.29) is 18.8 Å². The summed E-state index contributed by atoms with van der Waals surface area (Å²) in [6.07, 6.45) is -0.153. The second-order valence-corrected chi connectivity index (χ2v) is 5.17. The Labute approximate surface area is 123 Å². The zero-order valence-corrected chi connectivity index (χ0v) is 12.3. The summed E-state index contributed by atoms with van der Waals surface area (Å²) in [5, 5.41) is -0.623. The van der Waals surface area contributed by atoms with Crippen LogP contribution in [0.15, 0.2) is 24.3 Å². The van der Waals surface area contributed by atoms with Crippen molar-refractivity contribution in [2.45, 2.75) is 18.4 Å². The van der Waals surface area contributed by atoms with Crippen molar-refractivity contribution in [1.29, 1.82) is 0 Å². The van der Waals surface area contributed by atoms with Crippen molar-refractivity contribution in [1.82, 2.24) is 0 Å². The minimum Gasteiger partial charge on any atom is -0.495 e. The maximum Gasteiger partial charge on any atom is 0.244 e. The number of methoxy groups -OCH3 is 1. The number of carbonyl (C=O) groups excluding carboxylic acids is 1. The third-order valence-electron chi connectivity index (χ3n) is 3.06. The van der Waals surface area contributed by atoms with Gasteiger partial charge in [0, 0.05) is 0 Å². The number of hydrogen-bond acceptors (Lipinski definition) is 4. The van der Waals surface area contributed by atoms with E-state index in [1.54, 1.807) is 25.0 Å². The summed E-state index contributed by atoms with van der Waals surface area (Å²) in [7, 11) is 1.57. The molecular weight excluding hydrogens is 282 g/mol. The van der Waals surface area contributed by atoms with Crippen molar-refractivity contribution in [3.63, 3.8) is 0 Å². The lowest BCUT2D eigenvalue weighted by molar-refractivity contribution is -0.118. The van der Waals surface area contributed by atoms with Gasteiger partial charge in [0.15, 0.2) is 0 Å². The fourth-order valence-corrected chi connectivity index (χ4v) is 2.17. The summed E-state index contributed by atoms with van der Waals surface area (Å²) < 4.78 is 15.9. The number of alkyl halides is 1. The van der Waals surface area contributed by atoms with E-state index < -0.39 is 5.38 Å². The smallest absolute Gasteiger partial charge is 0.244 e. The number of halogens is 1. The van der Waals surface area contributed by atoms with Gasteiger partial charge in [-0.15, -0.1) is 11.6 Å². The van der Waals surface area contributed by atoms with Crippen LogP contribution in [0.5, 0.6) is 5.75 Å². The number of para-hydroxylation sites is 2. The topological polar surface area (TPSA) is 48.0 Å². The highest BCUT2D eigenvalue weighted by molar-refractivity contribution is 6.32. The summed E-state index contributed by atoms with van der Waals surface area (Å²) >= 11 is 5.95. The molecular formula is C14H18ClNO4. The second kappa shape index (κ2) is 6.92. The van der Waals surface area contributed by atoms with Crippen molar-refractivity contribution in [3.05, 3.63) is 24.3 Å². The average Bonchev–Trinajstić information content (AvgIpc) is 2.97. The molecule has 0 N–H and O–H groups in total.